The van der Waals surface area contributed by atoms with E-state index in [1.807, 2.05) is 4.90 Å². The number of nitro benzene ring substituents is 1. The minimum Gasteiger partial charge on any atom is -0.393 e. The van der Waals surface area contributed by atoms with Crippen LogP contribution in [0, 0.1) is 22.0 Å². The van der Waals surface area contributed by atoms with Gasteiger partial charge in [-0.1, -0.05) is 6.07 Å². The molecular formula is C14H18N2O4. The zero-order valence-electron chi connectivity index (χ0n) is 11.1. The van der Waals surface area contributed by atoms with E-state index in [4.69, 9.17) is 5.11 Å². The van der Waals surface area contributed by atoms with Crippen LogP contribution in [0.4, 0.5) is 11.4 Å². The van der Waals surface area contributed by atoms with Crippen LogP contribution in [0.2, 0.25) is 0 Å². The van der Waals surface area contributed by atoms with Crippen molar-refractivity contribution in [3.8, 4) is 0 Å². The standard InChI is InChI=1S/C14H18N2O4/c17-8-9-1-3-12(13(5-9)16(19)20)15-6-10-2-4-14(18)11(10)7-15/h1,3,5,10-11,14,17-18H,2,4,6-8H2. The van der Waals surface area contributed by atoms with Crippen LogP contribution < -0.4 is 4.90 Å². The molecule has 20 heavy (non-hydrogen) atoms. The van der Waals surface area contributed by atoms with E-state index in [1.54, 1.807) is 12.1 Å². The summed E-state index contributed by atoms with van der Waals surface area (Å²) >= 11 is 0. The van der Waals surface area contributed by atoms with E-state index in [1.165, 1.54) is 6.07 Å². The van der Waals surface area contributed by atoms with Gasteiger partial charge in [0.1, 0.15) is 5.69 Å². The molecule has 6 nitrogen and oxygen atoms in total. The molecule has 0 amide bonds. The van der Waals surface area contributed by atoms with E-state index in [-0.39, 0.29) is 24.3 Å². The first-order valence-electron chi connectivity index (χ1n) is 6.91. The van der Waals surface area contributed by atoms with Gasteiger partial charge in [-0.15, -0.1) is 0 Å². The number of aliphatic hydroxyl groups is 2. The second-order valence-electron chi connectivity index (χ2n) is 5.71. The second-order valence-corrected chi connectivity index (χ2v) is 5.71. The number of benzene rings is 1. The molecule has 0 bridgehead atoms. The molecular weight excluding hydrogens is 260 g/mol. The lowest BCUT2D eigenvalue weighted by atomic mass is 10.00. The van der Waals surface area contributed by atoms with Gasteiger partial charge in [0.25, 0.3) is 5.69 Å². The molecule has 0 radical (unpaired) electrons. The van der Waals surface area contributed by atoms with Crippen molar-refractivity contribution in [1.29, 1.82) is 0 Å². The van der Waals surface area contributed by atoms with Gasteiger partial charge in [0, 0.05) is 25.1 Å². The van der Waals surface area contributed by atoms with Crippen molar-refractivity contribution >= 4 is 11.4 Å². The number of nitrogens with zero attached hydrogens (tertiary/aromatic N) is 2. The first kappa shape index (κ1) is 13.3. The Hall–Kier alpha value is -1.66. The lowest BCUT2D eigenvalue weighted by Gasteiger charge is -2.20. The summed E-state index contributed by atoms with van der Waals surface area (Å²) in [5, 5.41) is 30.2. The van der Waals surface area contributed by atoms with Gasteiger partial charge in [-0.3, -0.25) is 10.1 Å². The Morgan fingerprint density at radius 3 is 2.80 bits per heavy atom. The lowest BCUT2D eigenvalue weighted by molar-refractivity contribution is -0.384. The summed E-state index contributed by atoms with van der Waals surface area (Å²) in [6.45, 7) is 1.23. The molecule has 1 aliphatic heterocycles. The van der Waals surface area contributed by atoms with E-state index in [2.05, 4.69) is 0 Å². The molecule has 0 aromatic heterocycles. The summed E-state index contributed by atoms with van der Waals surface area (Å²) < 4.78 is 0. The number of nitro groups is 1. The number of hydrogen-bond donors (Lipinski definition) is 2. The number of anilines is 1. The van der Waals surface area contributed by atoms with Crippen molar-refractivity contribution in [2.75, 3.05) is 18.0 Å². The number of rotatable bonds is 3. The number of hydrogen-bond acceptors (Lipinski definition) is 5. The molecule has 2 fully saturated rings. The molecule has 0 spiro atoms. The molecule has 1 saturated carbocycles. The van der Waals surface area contributed by atoms with Gasteiger partial charge in [-0.2, -0.15) is 0 Å². The first-order valence-corrected chi connectivity index (χ1v) is 6.91. The Labute approximate surface area is 116 Å². The van der Waals surface area contributed by atoms with Crippen molar-refractivity contribution < 1.29 is 15.1 Å². The Morgan fingerprint density at radius 1 is 1.35 bits per heavy atom. The molecule has 1 aromatic rings. The SMILES string of the molecule is O=[N+]([O-])c1cc(CO)ccc1N1CC2CCC(O)C2C1. The molecule has 2 aliphatic rings. The maximum Gasteiger partial charge on any atom is 0.292 e. The highest BCUT2D eigenvalue weighted by molar-refractivity contribution is 5.65. The fourth-order valence-electron chi connectivity index (χ4n) is 3.51. The third kappa shape index (κ3) is 2.14. The number of fused-ring (bicyclic) bond motifs is 1. The van der Waals surface area contributed by atoms with E-state index in [0.29, 0.717) is 23.7 Å². The van der Waals surface area contributed by atoms with Crippen LogP contribution in [0.1, 0.15) is 18.4 Å². The van der Waals surface area contributed by atoms with Gasteiger partial charge in [-0.05, 0) is 30.4 Å². The Bertz CT molecular complexity index is 534. The highest BCUT2D eigenvalue weighted by atomic mass is 16.6. The van der Waals surface area contributed by atoms with Gasteiger partial charge in [-0.25, -0.2) is 0 Å². The average Bonchev–Trinajstić information content (AvgIpc) is 3.00. The Morgan fingerprint density at radius 2 is 2.15 bits per heavy atom. The van der Waals surface area contributed by atoms with Gasteiger partial charge < -0.3 is 15.1 Å². The Balaban J connectivity index is 1.89. The quantitative estimate of drug-likeness (QED) is 0.642. The summed E-state index contributed by atoms with van der Waals surface area (Å²) in [4.78, 5) is 12.8. The smallest absolute Gasteiger partial charge is 0.292 e. The molecule has 3 atom stereocenters. The highest BCUT2D eigenvalue weighted by Gasteiger charge is 2.43. The second kappa shape index (κ2) is 5.03. The molecule has 6 heteroatoms. The van der Waals surface area contributed by atoms with Gasteiger partial charge in [0.05, 0.1) is 17.6 Å². The summed E-state index contributed by atoms with van der Waals surface area (Å²) in [5.74, 6) is 0.661. The van der Waals surface area contributed by atoms with Crippen LogP contribution >= 0.6 is 0 Å². The zero-order chi connectivity index (χ0) is 14.3. The van der Waals surface area contributed by atoms with Crippen LogP contribution in [0.3, 0.4) is 0 Å². The van der Waals surface area contributed by atoms with E-state index >= 15 is 0 Å². The van der Waals surface area contributed by atoms with Gasteiger partial charge in [0.15, 0.2) is 0 Å². The molecule has 1 aliphatic carbocycles. The summed E-state index contributed by atoms with van der Waals surface area (Å²) in [5.41, 5.74) is 1.17. The van der Waals surface area contributed by atoms with E-state index < -0.39 is 4.92 Å². The molecule has 1 aromatic carbocycles. The predicted octanol–water partition coefficient (Wildman–Crippen LogP) is 1.29. The topological polar surface area (TPSA) is 86.8 Å². The van der Waals surface area contributed by atoms with Crippen molar-refractivity contribution in [1.82, 2.24) is 0 Å². The highest BCUT2D eigenvalue weighted by Crippen LogP contribution is 2.42. The van der Waals surface area contributed by atoms with Crippen LogP contribution in [-0.4, -0.2) is 34.3 Å². The Kier molecular flexibility index (Phi) is 3.35. The van der Waals surface area contributed by atoms with Crippen LogP contribution in [0.15, 0.2) is 18.2 Å². The van der Waals surface area contributed by atoms with Crippen LogP contribution in [0.25, 0.3) is 0 Å². The van der Waals surface area contributed by atoms with E-state index in [0.717, 1.165) is 19.4 Å². The van der Waals surface area contributed by atoms with Crippen molar-refractivity contribution in [3.63, 3.8) is 0 Å². The third-order valence-corrected chi connectivity index (χ3v) is 4.58. The molecule has 1 heterocycles. The molecule has 108 valence electrons. The summed E-state index contributed by atoms with van der Waals surface area (Å²) in [6.07, 6.45) is 1.56. The zero-order valence-corrected chi connectivity index (χ0v) is 11.1. The molecule has 3 rings (SSSR count). The lowest BCUT2D eigenvalue weighted by Crippen LogP contribution is -2.25. The summed E-state index contributed by atoms with van der Waals surface area (Å²) in [6, 6.07) is 4.85. The van der Waals surface area contributed by atoms with Crippen molar-refractivity contribution in [2.24, 2.45) is 11.8 Å². The molecule has 3 unspecified atom stereocenters. The monoisotopic (exact) mass is 278 g/mol. The van der Waals surface area contributed by atoms with Gasteiger partial charge in [0.2, 0.25) is 0 Å². The van der Waals surface area contributed by atoms with Crippen molar-refractivity contribution in [2.45, 2.75) is 25.6 Å². The van der Waals surface area contributed by atoms with Crippen LogP contribution in [-0.2, 0) is 6.61 Å². The van der Waals surface area contributed by atoms with Gasteiger partial charge >= 0.3 is 0 Å². The molecule has 2 N–H and O–H groups in total. The minimum absolute atomic E-state index is 0.0333. The first-order chi connectivity index (χ1) is 9.60. The normalized spacial score (nSPS) is 28.7. The van der Waals surface area contributed by atoms with Crippen LogP contribution in [0.5, 0.6) is 0 Å². The maximum atomic E-state index is 11.2. The minimum atomic E-state index is -0.404. The van der Waals surface area contributed by atoms with Crippen molar-refractivity contribution in [3.05, 3.63) is 33.9 Å². The average molecular weight is 278 g/mol. The maximum absolute atomic E-state index is 11.2. The fraction of sp³-hybridized carbons (Fsp3) is 0.571. The molecule has 1 saturated heterocycles. The van der Waals surface area contributed by atoms with E-state index in [9.17, 15) is 15.2 Å². The fourth-order valence-corrected chi connectivity index (χ4v) is 3.51. The number of aliphatic hydroxyl groups excluding tert-OH is 2. The summed E-state index contributed by atoms with van der Waals surface area (Å²) in [7, 11) is 0. The third-order valence-electron chi connectivity index (χ3n) is 4.58. The largest absolute Gasteiger partial charge is 0.393 e. The predicted molar refractivity (Wildman–Crippen MR) is 73.5 cm³/mol.